The molecule has 0 unspecified atom stereocenters. The molecule has 1 fully saturated rings. The Kier molecular flexibility index (Phi) is 6.04. The van der Waals surface area contributed by atoms with Gasteiger partial charge in [0.05, 0.1) is 13.2 Å². The molecule has 3 rings (SSSR count). The second kappa shape index (κ2) is 8.45. The van der Waals surface area contributed by atoms with Crippen molar-refractivity contribution in [3.8, 4) is 0 Å². The summed E-state index contributed by atoms with van der Waals surface area (Å²) in [7, 11) is 0. The second-order valence-electron chi connectivity index (χ2n) is 6.56. The number of morpholine rings is 1. The van der Waals surface area contributed by atoms with E-state index in [0.29, 0.717) is 19.4 Å². The number of fused-ring (bicyclic) bond motifs is 1. The van der Waals surface area contributed by atoms with E-state index in [1.165, 1.54) is 0 Å². The van der Waals surface area contributed by atoms with E-state index < -0.39 is 6.04 Å². The second-order valence-corrected chi connectivity index (χ2v) is 6.56. The van der Waals surface area contributed by atoms with Crippen molar-refractivity contribution in [3.05, 3.63) is 29.8 Å². The van der Waals surface area contributed by atoms with Crippen LogP contribution in [0.5, 0.6) is 0 Å². The van der Waals surface area contributed by atoms with Crippen LogP contribution in [0.1, 0.15) is 25.3 Å². The van der Waals surface area contributed by atoms with E-state index in [4.69, 9.17) is 4.74 Å². The lowest BCUT2D eigenvalue weighted by molar-refractivity contribution is -0.126. The highest BCUT2D eigenvalue weighted by atomic mass is 16.5. The van der Waals surface area contributed by atoms with Crippen LogP contribution in [0.4, 0.5) is 5.69 Å². The molecule has 0 aromatic heterocycles. The highest BCUT2D eigenvalue weighted by Gasteiger charge is 2.37. The van der Waals surface area contributed by atoms with Crippen molar-refractivity contribution in [1.29, 1.82) is 0 Å². The van der Waals surface area contributed by atoms with E-state index in [2.05, 4.69) is 10.2 Å². The number of benzene rings is 1. The standard InChI is InChI=1S/C19H27N3O3/c1-2-18(23)22-16-7-4-3-6-15(16)14-17(22)19(24)20-8-5-9-21-10-12-25-13-11-21/h3-4,6-7,17H,2,5,8-14H2,1H3,(H,20,24)/t17-/m1/s1. The van der Waals surface area contributed by atoms with Gasteiger partial charge in [0, 0.05) is 38.2 Å². The van der Waals surface area contributed by atoms with Crippen molar-refractivity contribution in [2.24, 2.45) is 0 Å². The van der Waals surface area contributed by atoms with Gasteiger partial charge in [0.15, 0.2) is 0 Å². The highest BCUT2D eigenvalue weighted by molar-refractivity contribution is 6.03. The minimum Gasteiger partial charge on any atom is -0.379 e. The summed E-state index contributed by atoms with van der Waals surface area (Å²) in [5.41, 5.74) is 1.94. The van der Waals surface area contributed by atoms with Crippen molar-refractivity contribution < 1.29 is 14.3 Å². The number of hydrogen-bond donors (Lipinski definition) is 1. The molecule has 136 valence electrons. The van der Waals surface area contributed by atoms with Crippen molar-refractivity contribution >= 4 is 17.5 Å². The third-order valence-corrected chi connectivity index (χ3v) is 4.90. The quantitative estimate of drug-likeness (QED) is 0.787. The fraction of sp³-hybridized carbons (Fsp3) is 0.579. The van der Waals surface area contributed by atoms with Gasteiger partial charge < -0.3 is 10.1 Å². The molecule has 2 aliphatic heterocycles. The van der Waals surface area contributed by atoms with Crippen LogP contribution in [0.3, 0.4) is 0 Å². The Balaban J connectivity index is 1.53. The summed E-state index contributed by atoms with van der Waals surface area (Å²) in [4.78, 5) is 29.0. The SMILES string of the molecule is CCC(=O)N1c2ccccc2C[C@@H]1C(=O)NCCCN1CCOCC1. The first-order valence-corrected chi connectivity index (χ1v) is 9.18. The molecule has 0 aliphatic carbocycles. The third-order valence-electron chi connectivity index (χ3n) is 4.90. The molecule has 1 aromatic carbocycles. The Morgan fingerprint density at radius 1 is 1.24 bits per heavy atom. The largest absolute Gasteiger partial charge is 0.379 e. The van der Waals surface area contributed by atoms with Crippen LogP contribution in [0.25, 0.3) is 0 Å². The number of hydrogen-bond acceptors (Lipinski definition) is 4. The van der Waals surface area contributed by atoms with Gasteiger partial charge >= 0.3 is 0 Å². The molecule has 1 N–H and O–H groups in total. The maximum absolute atomic E-state index is 12.7. The summed E-state index contributed by atoms with van der Waals surface area (Å²) in [5.74, 6) is -0.0570. The van der Waals surface area contributed by atoms with E-state index in [9.17, 15) is 9.59 Å². The lowest BCUT2D eigenvalue weighted by atomic mass is 10.1. The van der Waals surface area contributed by atoms with Gasteiger partial charge in [-0.25, -0.2) is 0 Å². The van der Waals surface area contributed by atoms with Gasteiger partial charge in [0.25, 0.3) is 0 Å². The summed E-state index contributed by atoms with van der Waals surface area (Å²) < 4.78 is 5.34. The molecule has 6 heteroatoms. The monoisotopic (exact) mass is 345 g/mol. The summed E-state index contributed by atoms with van der Waals surface area (Å²) >= 11 is 0. The Labute approximate surface area is 149 Å². The van der Waals surface area contributed by atoms with Crippen LogP contribution in [-0.2, 0) is 20.7 Å². The zero-order valence-corrected chi connectivity index (χ0v) is 14.9. The van der Waals surface area contributed by atoms with Crippen molar-refractivity contribution in [1.82, 2.24) is 10.2 Å². The molecule has 6 nitrogen and oxygen atoms in total. The highest BCUT2D eigenvalue weighted by Crippen LogP contribution is 2.32. The maximum atomic E-state index is 12.7. The molecule has 0 spiro atoms. The van der Waals surface area contributed by atoms with Crippen LogP contribution >= 0.6 is 0 Å². The van der Waals surface area contributed by atoms with Crippen LogP contribution in [-0.4, -0.2) is 62.1 Å². The molecular weight excluding hydrogens is 318 g/mol. The van der Waals surface area contributed by atoms with Gasteiger partial charge in [-0.2, -0.15) is 0 Å². The van der Waals surface area contributed by atoms with E-state index in [0.717, 1.165) is 50.5 Å². The lowest BCUT2D eigenvalue weighted by Gasteiger charge is -2.27. The van der Waals surface area contributed by atoms with Crippen LogP contribution in [0.2, 0.25) is 0 Å². The van der Waals surface area contributed by atoms with E-state index >= 15 is 0 Å². The first-order valence-electron chi connectivity index (χ1n) is 9.18. The lowest BCUT2D eigenvalue weighted by Crippen LogP contribution is -2.48. The molecule has 1 atom stereocenters. The number of carbonyl (C=O) groups is 2. The zero-order valence-electron chi connectivity index (χ0n) is 14.9. The van der Waals surface area contributed by atoms with Crippen LogP contribution < -0.4 is 10.2 Å². The molecule has 2 heterocycles. The van der Waals surface area contributed by atoms with Gasteiger partial charge in [0.2, 0.25) is 11.8 Å². The topological polar surface area (TPSA) is 61.9 Å². The number of nitrogens with zero attached hydrogens (tertiary/aromatic N) is 2. The van der Waals surface area contributed by atoms with Gasteiger partial charge in [-0.15, -0.1) is 0 Å². The molecule has 0 radical (unpaired) electrons. The average Bonchev–Trinajstić information content (AvgIpc) is 3.05. The van der Waals surface area contributed by atoms with Crippen LogP contribution in [0, 0.1) is 0 Å². The molecule has 0 saturated carbocycles. The summed E-state index contributed by atoms with van der Waals surface area (Å²) in [5, 5.41) is 3.02. The third kappa shape index (κ3) is 4.19. The average molecular weight is 345 g/mol. The van der Waals surface area contributed by atoms with E-state index in [1.807, 2.05) is 31.2 Å². The number of carbonyl (C=O) groups excluding carboxylic acids is 2. The van der Waals surface area contributed by atoms with E-state index in [-0.39, 0.29) is 11.8 Å². The summed E-state index contributed by atoms with van der Waals surface area (Å²) in [6.07, 6.45) is 1.90. The summed E-state index contributed by atoms with van der Waals surface area (Å²) in [6.45, 7) is 6.95. The molecule has 0 bridgehead atoms. The number of nitrogens with one attached hydrogen (secondary N) is 1. The van der Waals surface area contributed by atoms with Crippen molar-refractivity contribution in [2.75, 3.05) is 44.3 Å². The Bertz CT molecular complexity index is 614. The van der Waals surface area contributed by atoms with Gasteiger partial charge in [-0.3, -0.25) is 19.4 Å². The van der Waals surface area contributed by atoms with Gasteiger partial charge in [-0.1, -0.05) is 25.1 Å². The number of anilines is 1. The summed E-state index contributed by atoms with van der Waals surface area (Å²) in [6, 6.07) is 7.37. The minimum atomic E-state index is -0.423. The van der Waals surface area contributed by atoms with Crippen LogP contribution in [0.15, 0.2) is 24.3 Å². The first-order chi connectivity index (χ1) is 12.2. The predicted octanol–water partition coefficient (Wildman–Crippen LogP) is 1.19. The predicted molar refractivity (Wildman–Crippen MR) is 96.6 cm³/mol. The normalized spacial score (nSPS) is 20.4. The number of rotatable bonds is 6. The Morgan fingerprint density at radius 2 is 2.00 bits per heavy atom. The Morgan fingerprint density at radius 3 is 2.76 bits per heavy atom. The Hall–Kier alpha value is -1.92. The number of para-hydroxylation sites is 1. The number of ether oxygens (including phenoxy) is 1. The molecule has 2 amide bonds. The smallest absolute Gasteiger partial charge is 0.243 e. The van der Waals surface area contributed by atoms with Crippen molar-refractivity contribution in [3.63, 3.8) is 0 Å². The fourth-order valence-electron chi connectivity index (χ4n) is 3.53. The number of amides is 2. The van der Waals surface area contributed by atoms with E-state index in [1.54, 1.807) is 4.90 Å². The minimum absolute atomic E-state index is 0.00147. The fourth-order valence-corrected chi connectivity index (χ4v) is 3.53. The zero-order chi connectivity index (χ0) is 17.6. The molecular formula is C19H27N3O3. The first kappa shape index (κ1) is 17.9. The molecule has 2 aliphatic rings. The molecule has 1 saturated heterocycles. The molecule has 1 aromatic rings. The van der Waals surface area contributed by atoms with Gasteiger partial charge in [0.1, 0.15) is 6.04 Å². The molecule has 25 heavy (non-hydrogen) atoms. The maximum Gasteiger partial charge on any atom is 0.243 e. The van der Waals surface area contributed by atoms with Gasteiger partial charge in [-0.05, 0) is 24.6 Å². The van der Waals surface area contributed by atoms with Crippen molar-refractivity contribution in [2.45, 2.75) is 32.2 Å².